The summed E-state index contributed by atoms with van der Waals surface area (Å²) >= 11 is 6.14. The van der Waals surface area contributed by atoms with Crippen LogP contribution in [0.3, 0.4) is 0 Å². The van der Waals surface area contributed by atoms with E-state index in [2.05, 4.69) is 32.2 Å². The molecule has 2 fully saturated rings. The van der Waals surface area contributed by atoms with E-state index >= 15 is 0 Å². The Morgan fingerprint density at radius 2 is 2.10 bits per heavy atom. The molecule has 2 aliphatic carbocycles. The lowest BCUT2D eigenvalue weighted by Gasteiger charge is -2.43. The summed E-state index contributed by atoms with van der Waals surface area (Å²) in [4.78, 5) is 0. The van der Waals surface area contributed by atoms with Gasteiger partial charge in [-0.3, -0.25) is 0 Å². The molecule has 2 aliphatic rings. The number of hydrogen-bond donors (Lipinski definition) is 1. The highest BCUT2D eigenvalue weighted by molar-refractivity contribution is 6.32. The van der Waals surface area contributed by atoms with Crippen LogP contribution >= 0.6 is 11.6 Å². The van der Waals surface area contributed by atoms with Gasteiger partial charge in [-0.1, -0.05) is 32.4 Å². The average molecular weight is 289 g/mol. The summed E-state index contributed by atoms with van der Waals surface area (Å²) in [7, 11) is 0. The molecule has 3 heteroatoms. The Morgan fingerprint density at radius 1 is 1.35 bits per heavy atom. The Labute approximate surface area is 126 Å². The lowest BCUT2D eigenvalue weighted by molar-refractivity contribution is 0.155. The molecule has 20 heavy (non-hydrogen) atoms. The minimum absolute atomic E-state index is 0.313. The van der Waals surface area contributed by atoms with Crippen molar-refractivity contribution in [1.82, 2.24) is 0 Å². The molecular weight excluding hydrogens is 268 g/mol. The summed E-state index contributed by atoms with van der Waals surface area (Å²) in [6, 6.07) is 8.22. The number of nitriles is 1. The Balaban J connectivity index is 1.88. The van der Waals surface area contributed by atoms with E-state index in [1.54, 1.807) is 6.07 Å². The molecule has 2 nitrogen and oxygen atoms in total. The minimum atomic E-state index is 0.313. The van der Waals surface area contributed by atoms with Crippen molar-refractivity contribution in [2.45, 2.75) is 46.1 Å². The maximum atomic E-state index is 8.95. The molecule has 3 atom stereocenters. The molecule has 0 radical (unpaired) electrons. The SMILES string of the molecule is CC1(C)C(Nc2ccc(C#N)c(Cl)c2)[C@]2(C)CC[C@H]1C2. The van der Waals surface area contributed by atoms with Crippen LogP contribution in [0.1, 0.15) is 45.6 Å². The quantitative estimate of drug-likeness (QED) is 0.845. The molecule has 0 aliphatic heterocycles. The molecule has 1 N–H and O–H groups in total. The number of anilines is 1. The molecule has 1 aromatic carbocycles. The van der Waals surface area contributed by atoms with Crippen LogP contribution in [0.5, 0.6) is 0 Å². The number of rotatable bonds is 2. The first-order valence-corrected chi connectivity index (χ1v) is 7.71. The van der Waals surface area contributed by atoms with Crippen LogP contribution in [-0.2, 0) is 0 Å². The van der Waals surface area contributed by atoms with E-state index in [0.29, 0.717) is 27.5 Å². The molecular formula is C17H21ClN2. The topological polar surface area (TPSA) is 35.8 Å². The van der Waals surface area contributed by atoms with Crippen molar-refractivity contribution in [1.29, 1.82) is 5.26 Å². The summed E-state index contributed by atoms with van der Waals surface area (Å²) in [6.07, 6.45) is 3.99. The molecule has 106 valence electrons. The molecule has 2 bridgehead atoms. The summed E-state index contributed by atoms with van der Waals surface area (Å²) in [5, 5.41) is 13.2. The molecule has 3 rings (SSSR count). The maximum Gasteiger partial charge on any atom is 0.101 e. The van der Waals surface area contributed by atoms with Crippen molar-refractivity contribution in [2.24, 2.45) is 16.7 Å². The number of nitrogens with one attached hydrogen (secondary N) is 1. The van der Waals surface area contributed by atoms with Crippen LogP contribution in [0.15, 0.2) is 18.2 Å². The Kier molecular flexibility index (Phi) is 3.03. The van der Waals surface area contributed by atoms with Gasteiger partial charge in [0.15, 0.2) is 0 Å². The van der Waals surface area contributed by atoms with E-state index in [1.807, 2.05) is 12.1 Å². The van der Waals surface area contributed by atoms with E-state index in [9.17, 15) is 0 Å². The number of fused-ring (bicyclic) bond motifs is 2. The fourth-order valence-corrected chi connectivity index (χ4v) is 4.75. The fraction of sp³-hybridized carbons (Fsp3) is 0.588. The van der Waals surface area contributed by atoms with Gasteiger partial charge in [0.05, 0.1) is 10.6 Å². The summed E-state index contributed by atoms with van der Waals surface area (Å²) in [5.41, 5.74) is 2.26. The molecule has 1 aromatic rings. The lowest BCUT2D eigenvalue weighted by atomic mass is 9.68. The summed E-state index contributed by atoms with van der Waals surface area (Å²) < 4.78 is 0. The highest BCUT2D eigenvalue weighted by atomic mass is 35.5. The Morgan fingerprint density at radius 3 is 2.65 bits per heavy atom. The Hall–Kier alpha value is -1.20. The van der Waals surface area contributed by atoms with Gasteiger partial charge >= 0.3 is 0 Å². The normalized spacial score (nSPS) is 34.0. The Bertz CT molecular complexity index is 582. The van der Waals surface area contributed by atoms with Crippen LogP contribution in [0.25, 0.3) is 0 Å². The van der Waals surface area contributed by atoms with Crippen LogP contribution in [-0.4, -0.2) is 6.04 Å². The van der Waals surface area contributed by atoms with Crippen LogP contribution < -0.4 is 5.32 Å². The number of nitrogens with zero attached hydrogens (tertiary/aromatic N) is 1. The van der Waals surface area contributed by atoms with E-state index in [1.165, 1.54) is 19.3 Å². The molecule has 1 unspecified atom stereocenters. The van der Waals surface area contributed by atoms with Gasteiger partial charge in [0.25, 0.3) is 0 Å². The smallest absolute Gasteiger partial charge is 0.101 e. The second-order valence-corrected chi connectivity index (χ2v) is 7.71. The molecule has 2 saturated carbocycles. The molecule has 0 spiro atoms. The predicted molar refractivity (Wildman–Crippen MR) is 82.8 cm³/mol. The standard InChI is InChI=1S/C17H21ClN2/c1-16(2)12-6-7-17(3,9-12)15(16)20-13-5-4-11(10-19)14(18)8-13/h4-5,8,12,15,20H,6-7,9H2,1-3H3/t12-,15?,17+/m0/s1. The van der Waals surface area contributed by atoms with Gasteiger partial charge in [-0.05, 0) is 54.2 Å². The first-order chi connectivity index (χ1) is 9.37. The van der Waals surface area contributed by atoms with Gasteiger partial charge in [0.1, 0.15) is 6.07 Å². The monoisotopic (exact) mass is 288 g/mol. The predicted octanol–water partition coefficient (Wildman–Crippen LogP) is 4.84. The third-order valence-corrected chi connectivity index (χ3v) is 5.98. The van der Waals surface area contributed by atoms with E-state index in [4.69, 9.17) is 16.9 Å². The van der Waals surface area contributed by atoms with Crippen molar-refractivity contribution >= 4 is 17.3 Å². The van der Waals surface area contributed by atoms with E-state index in [-0.39, 0.29) is 0 Å². The number of halogens is 1. The van der Waals surface area contributed by atoms with Crippen molar-refractivity contribution in [3.05, 3.63) is 28.8 Å². The van der Waals surface area contributed by atoms with Crippen LogP contribution in [0.4, 0.5) is 5.69 Å². The largest absolute Gasteiger partial charge is 0.381 e. The molecule has 0 aromatic heterocycles. The average Bonchev–Trinajstić information content (AvgIpc) is 2.86. The van der Waals surface area contributed by atoms with Crippen LogP contribution in [0.2, 0.25) is 5.02 Å². The van der Waals surface area contributed by atoms with Crippen LogP contribution in [0, 0.1) is 28.1 Å². The minimum Gasteiger partial charge on any atom is -0.381 e. The highest BCUT2D eigenvalue weighted by Crippen LogP contribution is 2.63. The number of benzene rings is 1. The first-order valence-electron chi connectivity index (χ1n) is 7.33. The van der Waals surface area contributed by atoms with Crippen molar-refractivity contribution in [3.8, 4) is 6.07 Å². The molecule has 0 saturated heterocycles. The third kappa shape index (κ3) is 1.91. The van der Waals surface area contributed by atoms with E-state index < -0.39 is 0 Å². The summed E-state index contributed by atoms with van der Waals surface area (Å²) in [6.45, 7) is 7.17. The van der Waals surface area contributed by atoms with E-state index in [0.717, 1.165) is 11.6 Å². The summed E-state index contributed by atoms with van der Waals surface area (Å²) in [5.74, 6) is 0.818. The van der Waals surface area contributed by atoms with Gasteiger partial charge in [0.2, 0.25) is 0 Å². The fourth-order valence-electron chi connectivity index (χ4n) is 4.52. The molecule has 0 amide bonds. The first kappa shape index (κ1) is 13.8. The zero-order valence-electron chi connectivity index (χ0n) is 12.3. The lowest BCUT2D eigenvalue weighted by Crippen LogP contribution is -2.45. The third-order valence-electron chi connectivity index (χ3n) is 5.67. The second kappa shape index (κ2) is 4.40. The van der Waals surface area contributed by atoms with Crippen molar-refractivity contribution < 1.29 is 0 Å². The second-order valence-electron chi connectivity index (χ2n) is 7.30. The zero-order valence-corrected chi connectivity index (χ0v) is 13.1. The zero-order chi connectivity index (χ0) is 14.5. The number of hydrogen-bond acceptors (Lipinski definition) is 2. The van der Waals surface area contributed by atoms with Crippen molar-refractivity contribution in [3.63, 3.8) is 0 Å². The highest BCUT2D eigenvalue weighted by Gasteiger charge is 2.59. The van der Waals surface area contributed by atoms with Gasteiger partial charge in [0, 0.05) is 11.7 Å². The maximum absolute atomic E-state index is 8.95. The van der Waals surface area contributed by atoms with Gasteiger partial charge in [-0.25, -0.2) is 0 Å². The van der Waals surface area contributed by atoms with Gasteiger partial charge in [-0.2, -0.15) is 5.26 Å². The van der Waals surface area contributed by atoms with Gasteiger partial charge in [-0.15, -0.1) is 0 Å². The molecule has 0 heterocycles. The van der Waals surface area contributed by atoms with Crippen molar-refractivity contribution in [2.75, 3.05) is 5.32 Å². The van der Waals surface area contributed by atoms with Gasteiger partial charge < -0.3 is 5.32 Å².